The number of amides is 1. The molecule has 0 radical (unpaired) electrons. The molecular formula is C16H22Cl2N4O. The first-order valence-electron chi connectivity index (χ1n) is 7.38. The lowest BCUT2D eigenvalue weighted by atomic mass is 9.85. The molecule has 5 nitrogen and oxygen atoms in total. The van der Waals surface area contributed by atoms with Gasteiger partial charge in [0, 0.05) is 24.4 Å². The van der Waals surface area contributed by atoms with E-state index in [9.17, 15) is 4.79 Å². The summed E-state index contributed by atoms with van der Waals surface area (Å²) in [5.41, 5.74) is 7.70. The Morgan fingerprint density at radius 3 is 2.74 bits per heavy atom. The van der Waals surface area contributed by atoms with Crippen LogP contribution in [0.15, 0.2) is 43.0 Å². The van der Waals surface area contributed by atoms with Crippen molar-refractivity contribution in [2.24, 2.45) is 11.7 Å². The van der Waals surface area contributed by atoms with E-state index in [1.165, 1.54) is 0 Å². The summed E-state index contributed by atoms with van der Waals surface area (Å²) in [6.07, 6.45) is 9.06. The third kappa shape index (κ3) is 4.70. The summed E-state index contributed by atoms with van der Waals surface area (Å²) in [5, 5.41) is 3.05. The van der Waals surface area contributed by atoms with Crippen LogP contribution in [0, 0.1) is 5.92 Å². The van der Waals surface area contributed by atoms with Crippen LogP contribution in [0.25, 0.3) is 5.69 Å². The second kappa shape index (κ2) is 8.91. The molecule has 2 atom stereocenters. The highest BCUT2D eigenvalue weighted by atomic mass is 35.5. The highest BCUT2D eigenvalue weighted by Crippen LogP contribution is 2.26. The van der Waals surface area contributed by atoms with Crippen molar-refractivity contribution < 1.29 is 4.79 Å². The van der Waals surface area contributed by atoms with Crippen LogP contribution >= 0.6 is 24.8 Å². The molecule has 0 saturated heterocycles. The minimum atomic E-state index is 0. The predicted octanol–water partition coefficient (Wildman–Crippen LogP) is 3.17. The van der Waals surface area contributed by atoms with Crippen molar-refractivity contribution in [3.05, 3.63) is 43.0 Å². The maximum absolute atomic E-state index is 12.4. The number of benzene rings is 1. The lowest BCUT2D eigenvalue weighted by molar-refractivity contribution is -0.120. The highest BCUT2D eigenvalue weighted by Gasteiger charge is 2.25. The third-order valence-electron chi connectivity index (χ3n) is 4.03. The topological polar surface area (TPSA) is 72.9 Å². The standard InChI is InChI=1S/C16H20N4O.2ClH/c17-13-5-3-4-12(10-13)16(21)19-14-6-1-2-7-15(14)20-9-8-18-11-20;;/h1-2,6-9,11-13H,3-5,10,17H2,(H,19,21);2*1H. The molecule has 3 N–H and O–H groups in total. The van der Waals surface area contributed by atoms with E-state index in [0.717, 1.165) is 37.1 Å². The summed E-state index contributed by atoms with van der Waals surface area (Å²) in [6, 6.07) is 7.89. The maximum Gasteiger partial charge on any atom is 0.227 e. The Hall–Kier alpha value is -1.56. The van der Waals surface area contributed by atoms with E-state index in [4.69, 9.17) is 5.73 Å². The Morgan fingerprint density at radius 2 is 2.04 bits per heavy atom. The number of rotatable bonds is 3. The normalized spacial score (nSPS) is 20.0. The van der Waals surface area contributed by atoms with Gasteiger partial charge in [0.1, 0.15) is 0 Å². The summed E-state index contributed by atoms with van der Waals surface area (Å²) >= 11 is 0. The number of hydrogen-bond acceptors (Lipinski definition) is 3. The number of nitrogens with two attached hydrogens (primary N) is 1. The molecule has 1 aliphatic rings. The molecule has 2 unspecified atom stereocenters. The van der Waals surface area contributed by atoms with Gasteiger partial charge in [-0.05, 0) is 31.4 Å². The van der Waals surface area contributed by atoms with E-state index in [1.54, 1.807) is 12.5 Å². The van der Waals surface area contributed by atoms with E-state index in [2.05, 4.69) is 10.3 Å². The lowest BCUT2D eigenvalue weighted by Gasteiger charge is -2.26. The van der Waals surface area contributed by atoms with Crippen molar-refractivity contribution in [2.75, 3.05) is 5.32 Å². The molecule has 1 aliphatic carbocycles. The quantitative estimate of drug-likeness (QED) is 0.886. The largest absolute Gasteiger partial charge is 0.328 e. The number of nitrogens with one attached hydrogen (secondary N) is 1. The number of para-hydroxylation sites is 2. The fraction of sp³-hybridized carbons (Fsp3) is 0.375. The number of hydrogen-bond donors (Lipinski definition) is 2. The first-order chi connectivity index (χ1) is 10.2. The van der Waals surface area contributed by atoms with E-state index >= 15 is 0 Å². The van der Waals surface area contributed by atoms with Gasteiger partial charge >= 0.3 is 0 Å². The maximum atomic E-state index is 12.4. The van der Waals surface area contributed by atoms with Gasteiger partial charge in [-0.1, -0.05) is 18.6 Å². The van der Waals surface area contributed by atoms with Crippen LogP contribution in [0.1, 0.15) is 25.7 Å². The van der Waals surface area contributed by atoms with Crippen LogP contribution in [0.4, 0.5) is 5.69 Å². The smallest absolute Gasteiger partial charge is 0.227 e. The molecule has 1 heterocycles. The number of nitrogens with zero attached hydrogens (tertiary/aromatic N) is 2. The summed E-state index contributed by atoms with van der Waals surface area (Å²) in [5.74, 6) is 0.0855. The van der Waals surface area contributed by atoms with Gasteiger partial charge in [0.2, 0.25) is 5.91 Å². The van der Waals surface area contributed by atoms with Crippen molar-refractivity contribution in [2.45, 2.75) is 31.7 Å². The first-order valence-corrected chi connectivity index (χ1v) is 7.38. The molecule has 7 heteroatoms. The van der Waals surface area contributed by atoms with Crippen LogP contribution in [0.5, 0.6) is 0 Å². The molecule has 1 fully saturated rings. The molecule has 3 rings (SSSR count). The van der Waals surface area contributed by atoms with Crippen molar-refractivity contribution in [3.63, 3.8) is 0 Å². The third-order valence-corrected chi connectivity index (χ3v) is 4.03. The number of carbonyl (C=O) groups excluding carboxylic acids is 1. The zero-order valence-electron chi connectivity index (χ0n) is 12.7. The molecule has 1 aromatic heterocycles. The lowest BCUT2D eigenvalue weighted by Crippen LogP contribution is -2.34. The average Bonchev–Trinajstić information content (AvgIpc) is 3.02. The van der Waals surface area contributed by atoms with Gasteiger partial charge in [-0.25, -0.2) is 4.98 Å². The molecule has 0 spiro atoms. The molecule has 126 valence electrons. The van der Waals surface area contributed by atoms with E-state index in [0.29, 0.717) is 0 Å². The van der Waals surface area contributed by atoms with Gasteiger partial charge in [-0.3, -0.25) is 4.79 Å². The minimum absolute atomic E-state index is 0. The summed E-state index contributed by atoms with van der Waals surface area (Å²) in [4.78, 5) is 16.5. The van der Waals surface area contributed by atoms with Crippen molar-refractivity contribution in [1.82, 2.24) is 9.55 Å². The molecule has 2 aromatic rings. The number of halogens is 2. The SMILES string of the molecule is Cl.Cl.NC1CCCC(C(=O)Nc2ccccc2-n2ccnc2)C1. The van der Waals surface area contributed by atoms with Gasteiger partial charge in [0.25, 0.3) is 0 Å². The van der Waals surface area contributed by atoms with Crippen LogP contribution < -0.4 is 11.1 Å². The van der Waals surface area contributed by atoms with Gasteiger partial charge < -0.3 is 15.6 Å². The van der Waals surface area contributed by atoms with E-state index < -0.39 is 0 Å². The number of carbonyl (C=O) groups is 1. The van der Waals surface area contributed by atoms with Crippen molar-refractivity contribution in [3.8, 4) is 5.69 Å². The van der Waals surface area contributed by atoms with Crippen molar-refractivity contribution >= 4 is 36.4 Å². The van der Waals surface area contributed by atoms with Crippen LogP contribution in [-0.4, -0.2) is 21.5 Å². The van der Waals surface area contributed by atoms with Gasteiger partial charge in [-0.15, -0.1) is 24.8 Å². The molecule has 1 amide bonds. The predicted molar refractivity (Wildman–Crippen MR) is 96.6 cm³/mol. The van der Waals surface area contributed by atoms with Gasteiger partial charge in [0.05, 0.1) is 17.7 Å². The van der Waals surface area contributed by atoms with Gasteiger partial charge in [-0.2, -0.15) is 0 Å². The molecule has 23 heavy (non-hydrogen) atoms. The Balaban J connectivity index is 0.00000132. The monoisotopic (exact) mass is 356 g/mol. The molecule has 1 saturated carbocycles. The second-order valence-corrected chi connectivity index (χ2v) is 5.60. The fourth-order valence-electron chi connectivity index (χ4n) is 2.91. The van der Waals surface area contributed by atoms with Crippen LogP contribution in [0.3, 0.4) is 0 Å². The zero-order valence-corrected chi connectivity index (χ0v) is 14.4. The zero-order chi connectivity index (χ0) is 14.7. The molecule has 0 bridgehead atoms. The summed E-state index contributed by atoms with van der Waals surface area (Å²) in [7, 11) is 0. The van der Waals surface area contributed by atoms with Gasteiger partial charge in [0.15, 0.2) is 0 Å². The average molecular weight is 357 g/mol. The number of anilines is 1. The Kier molecular flexibility index (Phi) is 7.55. The first kappa shape index (κ1) is 19.5. The highest BCUT2D eigenvalue weighted by molar-refractivity contribution is 5.94. The van der Waals surface area contributed by atoms with Crippen LogP contribution in [0.2, 0.25) is 0 Å². The second-order valence-electron chi connectivity index (χ2n) is 5.60. The number of imidazole rings is 1. The van der Waals surface area contributed by atoms with Crippen LogP contribution in [-0.2, 0) is 4.79 Å². The molecule has 1 aromatic carbocycles. The summed E-state index contributed by atoms with van der Waals surface area (Å²) in [6.45, 7) is 0. The minimum Gasteiger partial charge on any atom is -0.328 e. The Labute approximate surface area is 148 Å². The molecule has 0 aliphatic heterocycles. The number of aromatic nitrogens is 2. The Bertz CT molecular complexity index is 618. The fourth-order valence-corrected chi connectivity index (χ4v) is 2.91. The Morgan fingerprint density at radius 1 is 1.26 bits per heavy atom. The van der Waals surface area contributed by atoms with E-state index in [-0.39, 0.29) is 42.7 Å². The van der Waals surface area contributed by atoms with Crippen molar-refractivity contribution in [1.29, 1.82) is 0 Å². The molecular weight excluding hydrogens is 335 g/mol. The summed E-state index contributed by atoms with van der Waals surface area (Å²) < 4.78 is 1.89. The van der Waals surface area contributed by atoms with E-state index in [1.807, 2.05) is 35.0 Å².